The van der Waals surface area contributed by atoms with E-state index < -0.39 is 18.1 Å². The zero-order valence-corrected chi connectivity index (χ0v) is 13.8. The van der Waals surface area contributed by atoms with E-state index in [2.05, 4.69) is 5.32 Å². The van der Waals surface area contributed by atoms with Gasteiger partial charge >= 0.3 is 12.0 Å². The van der Waals surface area contributed by atoms with E-state index in [0.717, 1.165) is 0 Å². The zero-order valence-electron chi connectivity index (χ0n) is 13.8. The predicted octanol–water partition coefficient (Wildman–Crippen LogP) is 2.61. The summed E-state index contributed by atoms with van der Waals surface area (Å²) in [4.78, 5) is 35.2. The summed E-state index contributed by atoms with van der Waals surface area (Å²) in [5, 5.41) is 2.38. The number of carbonyl (C=O) groups excluding carboxylic acids is 3. The lowest BCUT2D eigenvalue weighted by atomic mass is 10.1. The van der Waals surface area contributed by atoms with Crippen LogP contribution in [0.15, 0.2) is 48.5 Å². The molecule has 0 aliphatic rings. The number of nitrogens with two attached hydrogens (primary N) is 1. The summed E-state index contributed by atoms with van der Waals surface area (Å²) in [6.45, 7) is 1.51. The first-order chi connectivity index (χ1) is 11.9. The van der Waals surface area contributed by atoms with Crippen molar-refractivity contribution in [3.8, 4) is 5.75 Å². The third-order valence-electron chi connectivity index (χ3n) is 3.42. The van der Waals surface area contributed by atoms with Crippen LogP contribution in [-0.2, 0) is 4.74 Å². The second-order valence-electron chi connectivity index (χ2n) is 5.21. The van der Waals surface area contributed by atoms with Crippen LogP contribution in [0.5, 0.6) is 5.75 Å². The average molecular weight is 342 g/mol. The molecule has 0 fully saturated rings. The van der Waals surface area contributed by atoms with Crippen LogP contribution in [0.1, 0.15) is 27.6 Å². The van der Waals surface area contributed by atoms with E-state index in [-0.39, 0.29) is 11.3 Å². The highest BCUT2D eigenvalue weighted by Crippen LogP contribution is 2.15. The minimum absolute atomic E-state index is 0.254. The number of hydrogen-bond donors (Lipinski definition) is 2. The number of Topliss-reactive ketones (excluding diaryl/α,β-unsaturated/α-hetero) is 1. The SMILES string of the molecule is COc1ccc(C(=O)[C@@H](C)OC(=O)c2ccc(NC(N)=O)cc2)cc1. The first kappa shape index (κ1) is 18.0. The van der Waals surface area contributed by atoms with E-state index in [9.17, 15) is 14.4 Å². The smallest absolute Gasteiger partial charge is 0.338 e. The second kappa shape index (κ2) is 7.96. The van der Waals surface area contributed by atoms with E-state index in [4.69, 9.17) is 15.2 Å². The summed E-state index contributed by atoms with van der Waals surface area (Å²) < 4.78 is 10.2. The van der Waals surface area contributed by atoms with Gasteiger partial charge in [-0.15, -0.1) is 0 Å². The Balaban J connectivity index is 2.00. The van der Waals surface area contributed by atoms with Gasteiger partial charge in [-0.1, -0.05) is 0 Å². The number of esters is 1. The molecule has 7 heteroatoms. The number of hydrogen-bond acceptors (Lipinski definition) is 5. The standard InChI is InChI=1S/C18H18N2O5/c1-11(16(21)12-5-9-15(24-2)10-6-12)25-17(22)13-3-7-14(8-4-13)20-18(19)23/h3-11H,1-2H3,(H3,19,20,23)/t11-/m1/s1. The minimum atomic E-state index is -0.940. The van der Waals surface area contributed by atoms with Crippen molar-refractivity contribution >= 4 is 23.5 Å². The molecule has 0 unspecified atom stereocenters. The van der Waals surface area contributed by atoms with E-state index in [1.165, 1.54) is 38.3 Å². The van der Waals surface area contributed by atoms with Gasteiger partial charge in [0.2, 0.25) is 5.78 Å². The molecule has 0 bridgehead atoms. The number of anilines is 1. The number of ether oxygens (including phenoxy) is 2. The summed E-state index contributed by atoms with van der Waals surface area (Å²) in [6.07, 6.45) is -0.940. The summed E-state index contributed by atoms with van der Waals surface area (Å²) in [5.41, 5.74) is 6.13. The van der Waals surface area contributed by atoms with E-state index in [1.807, 2.05) is 0 Å². The van der Waals surface area contributed by atoms with Crippen molar-refractivity contribution in [1.82, 2.24) is 0 Å². The molecule has 2 rings (SSSR count). The highest BCUT2D eigenvalue weighted by atomic mass is 16.5. The van der Waals surface area contributed by atoms with Gasteiger partial charge < -0.3 is 20.5 Å². The number of benzene rings is 2. The van der Waals surface area contributed by atoms with Crippen molar-refractivity contribution in [2.75, 3.05) is 12.4 Å². The van der Waals surface area contributed by atoms with Crippen LogP contribution in [0.4, 0.5) is 10.5 Å². The molecular formula is C18H18N2O5. The number of carbonyl (C=O) groups is 3. The highest BCUT2D eigenvalue weighted by Gasteiger charge is 2.20. The van der Waals surface area contributed by atoms with E-state index in [1.54, 1.807) is 24.3 Å². The fourth-order valence-electron chi connectivity index (χ4n) is 2.10. The van der Waals surface area contributed by atoms with Crippen molar-refractivity contribution in [2.24, 2.45) is 5.73 Å². The Morgan fingerprint density at radius 2 is 1.52 bits per heavy atom. The molecule has 7 nitrogen and oxygen atoms in total. The summed E-state index contributed by atoms with van der Waals surface area (Å²) in [7, 11) is 1.53. The molecule has 0 spiro atoms. The molecular weight excluding hydrogens is 324 g/mol. The Hall–Kier alpha value is -3.35. The first-order valence-corrected chi connectivity index (χ1v) is 7.46. The summed E-state index contributed by atoms with van der Waals surface area (Å²) in [6, 6.07) is 11.8. The van der Waals surface area contributed by atoms with Gasteiger partial charge in [0.1, 0.15) is 5.75 Å². The first-order valence-electron chi connectivity index (χ1n) is 7.46. The Morgan fingerprint density at radius 1 is 0.960 bits per heavy atom. The van der Waals surface area contributed by atoms with E-state index >= 15 is 0 Å². The maximum atomic E-state index is 12.3. The second-order valence-corrected chi connectivity index (χ2v) is 5.21. The highest BCUT2D eigenvalue weighted by molar-refractivity contribution is 6.01. The van der Waals surface area contributed by atoms with Crippen LogP contribution in [-0.4, -0.2) is 31.0 Å². The molecule has 0 radical (unpaired) electrons. The molecule has 1 atom stereocenters. The van der Waals surface area contributed by atoms with Crippen molar-refractivity contribution in [2.45, 2.75) is 13.0 Å². The van der Waals surface area contributed by atoms with Gasteiger partial charge in [-0.25, -0.2) is 9.59 Å². The minimum Gasteiger partial charge on any atom is -0.497 e. The van der Waals surface area contributed by atoms with Crippen LogP contribution in [0, 0.1) is 0 Å². The van der Waals surface area contributed by atoms with Gasteiger partial charge in [0.05, 0.1) is 12.7 Å². The van der Waals surface area contributed by atoms with Crippen molar-refractivity contribution in [1.29, 1.82) is 0 Å². The van der Waals surface area contributed by atoms with Crippen LogP contribution in [0.25, 0.3) is 0 Å². The topological polar surface area (TPSA) is 108 Å². The number of nitrogens with one attached hydrogen (secondary N) is 1. The molecule has 0 aromatic heterocycles. The molecule has 0 aliphatic heterocycles. The fraction of sp³-hybridized carbons (Fsp3) is 0.167. The van der Waals surface area contributed by atoms with Gasteiger partial charge in [0, 0.05) is 11.3 Å². The lowest BCUT2D eigenvalue weighted by molar-refractivity contribution is 0.0319. The Labute approximate surface area is 144 Å². The van der Waals surface area contributed by atoms with Gasteiger partial charge in [0.25, 0.3) is 0 Å². The average Bonchev–Trinajstić information content (AvgIpc) is 2.61. The lowest BCUT2D eigenvalue weighted by Crippen LogP contribution is -2.24. The molecule has 0 saturated heterocycles. The Kier molecular flexibility index (Phi) is 5.73. The summed E-state index contributed by atoms with van der Waals surface area (Å²) >= 11 is 0. The summed E-state index contributed by atoms with van der Waals surface area (Å²) in [5.74, 6) is -0.325. The zero-order chi connectivity index (χ0) is 18.4. The molecule has 0 aliphatic carbocycles. The molecule has 0 saturated carbocycles. The largest absolute Gasteiger partial charge is 0.497 e. The van der Waals surface area contributed by atoms with Crippen molar-refractivity contribution < 1.29 is 23.9 Å². The van der Waals surface area contributed by atoms with Crippen LogP contribution in [0.2, 0.25) is 0 Å². The van der Waals surface area contributed by atoms with Gasteiger partial charge in [0.15, 0.2) is 6.10 Å². The molecule has 25 heavy (non-hydrogen) atoms. The predicted molar refractivity (Wildman–Crippen MR) is 91.9 cm³/mol. The molecule has 2 aromatic rings. The van der Waals surface area contributed by atoms with Crippen LogP contribution in [0.3, 0.4) is 0 Å². The molecule has 130 valence electrons. The number of urea groups is 1. The van der Waals surface area contributed by atoms with Crippen molar-refractivity contribution in [3.63, 3.8) is 0 Å². The quantitative estimate of drug-likeness (QED) is 0.620. The number of ketones is 1. The van der Waals surface area contributed by atoms with Gasteiger partial charge in [-0.05, 0) is 55.5 Å². The third kappa shape index (κ3) is 4.81. The number of amides is 2. The van der Waals surface area contributed by atoms with Gasteiger partial charge in [-0.3, -0.25) is 4.79 Å². The number of rotatable bonds is 6. The van der Waals surface area contributed by atoms with E-state index in [0.29, 0.717) is 17.0 Å². The molecule has 0 heterocycles. The maximum absolute atomic E-state index is 12.3. The molecule has 2 amide bonds. The Bertz CT molecular complexity index is 769. The normalized spacial score (nSPS) is 11.3. The number of primary amides is 1. The molecule has 3 N–H and O–H groups in total. The maximum Gasteiger partial charge on any atom is 0.338 e. The molecule has 2 aromatic carbocycles. The lowest BCUT2D eigenvalue weighted by Gasteiger charge is -2.13. The van der Waals surface area contributed by atoms with Crippen LogP contribution >= 0.6 is 0 Å². The third-order valence-corrected chi connectivity index (χ3v) is 3.42. The number of methoxy groups -OCH3 is 1. The van der Waals surface area contributed by atoms with Crippen molar-refractivity contribution in [3.05, 3.63) is 59.7 Å². The monoisotopic (exact) mass is 342 g/mol. The van der Waals surface area contributed by atoms with Crippen LogP contribution < -0.4 is 15.8 Å². The Morgan fingerprint density at radius 3 is 2.04 bits per heavy atom. The van der Waals surface area contributed by atoms with Gasteiger partial charge in [-0.2, -0.15) is 0 Å². The fourth-order valence-corrected chi connectivity index (χ4v) is 2.10.